The number of para-hydroxylation sites is 2. The van der Waals surface area contributed by atoms with Crippen LogP contribution in [0.3, 0.4) is 0 Å². The molecule has 2 aromatic carbocycles. The molecular formula is C20H12N4O2S2. The fourth-order valence-electron chi connectivity index (χ4n) is 2.19. The summed E-state index contributed by atoms with van der Waals surface area (Å²) in [6, 6.07) is 21.4. The van der Waals surface area contributed by atoms with E-state index in [4.69, 9.17) is 0 Å². The minimum Gasteiger partial charge on any atom is -0.321 e. The molecule has 0 fully saturated rings. The van der Waals surface area contributed by atoms with E-state index in [1.165, 1.54) is 0 Å². The van der Waals surface area contributed by atoms with Gasteiger partial charge in [-0.25, -0.2) is 0 Å². The average Bonchev–Trinajstić information content (AvgIpc) is 2.68. The van der Waals surface area contributed by atoms with Crippen molar-refractivity contribution in [3.05, 3.63) is 68.4 Å². The van der Waals surface area contributed by atoms with E-state index in [0.29, 0.717) is 19.1 Å². The Bertz CT molecular complexity index is 1100. The zero-order chi connectivity index (χ0) is 19.9. The van der Waals surface area contributed by atoms with Crippen molar-refractivity contribution in [2.24, 2.45) is 0 Å². The third kappa shape index (κ3) is 4.33. The fourth-order valence-corrected chi connectivity index (χ4v) is 4.25. The van der Waals surface area contributed by atoms with Gasteiger partial charge in [-0.3, -0.25) is 9.59 Å². The molecule has 0 aliphatic carbocycles. The average molecular weight is 404 g/mol. The van der Waals surface area contributed by atoms with Crippen LogP contribution >= 0.6 is 22.7 Å². The molecule has 2 amide bonds. The molecule has 0 spiro atoms. The molecule has 2 N–H and O–H groups in total. The summed E-state index contributed by atoms with van der Waals surface area (Å²) in [6.07, 6.45) is 0. The number of hydrogen-bond donors (Lipinski definition) is 2. The summed E-state index contributed by atoms with van der Waals surface area (Å²) in [7, 11) is 0. The number of nitrogens with one attached hydrogen (secondary N) is 2. The summed E-state index contributed by atoms with van der Waals surface area (Å²) in [5.74, 6) is -1.06. The lowest BCUT2D eigenvalue weighted by atomic mass is 10.2. The molecule has 0 radical (unpaired) electrons. The van der Waals surface area contributed by atoms with Crippen molar-refractivity contribution in [3.8, 4) is 12.1 Å². The topological polar surface area (TPSA) is 106 Å². The van der Waals surface area contributed by atoms with Gasteiger partial charge in [-0.1, -0.05) is 36.4 Å². The zero-order valence-electron chi connectivity index (χ0n) is 14.3. The molecule has 0 atom stereocenters. The fraction of sp³-hybridized carbons (Fsp3) is 0. The number of nitrogens with zero attached hydrogens (tertiary/aromatic N) is 2. The van der Waals surface area contributed by atoms with Crippen LogP contribution in [0.2, 0.25) is 0 Å². The minimum absolute atomic E-state index is 0.0524. The van der Waals surface area contributed by atoms with Crippen LogP contribution in [0.5, 0.6) is 0 Å². The molecule has 0 aliphatic rings. The summed E-state index contributed by atoms with van der Waals surface area (Å²) in [6.45, 7) is 0. The quantitative estimate of drug-likeness (QED) is 0.697. The van der Waals surface area contributed by atoms with Crippen molar-refractivity contribution in [2.75, 3.05) is 10.6 Å². The highest BCUT2D eigenvalue weighted by molar-refractivity contribution is 7.36. The van der Waals surface area contributed by atoms with Gasteiger partial charge in [0.05, 0.1) is 0 Å². The molecule has 3 aromatic rings. The standard InChI is InChI=1S/C20H12N4O2S2/c21-11-15(17(25)23-13-7-3-1-4-8-13)19-27-20(28-19)16(12-22)18(26)24-14-9-5-2-6-10-14/h1-10H,(H,23,25)(H,24,26). The van der Waals surface area contributed by atoms with Gasteiger partial charge in [0.1, 0.15) is 31.0 Å². The molecule has 6 nitrogen and oxygen atoms in total. The predicted molar refractivity (Wildman–Crippen MR) is 110 cm³/mol. The van der Waals surface area contributed by atoms with Gasteiger partial charge in [-0.05, 0) is 24.3 Å². The third-order valence-corrected chi connectivity index (χ3v) is 6.08. The first kappa shape index (κ1) is 19.1. The third-order valence-electron chi connectivity index (χ3n) is 3.52. The largest absolute Gasteiger partial charge is 0.321 e. The number of carbonyl (C=O) groups is 2. The van der Waals surface area contributed by atoms with Crippen molar-refractivity contribution in [3.63, 3.8) is 0 Å². The van der Waals surface area contributed by atoms with Crippen LogP contribution in [0.25, 0.3) is 11.1 Å². The predicted octanol–water partition coefficient (Wildman–Crippen LogP) is 2.44. The highest BCUT2D eigenvalue weighted by Gasteiger charge is 2.17. The lowest BCUT2D eigenvalue weighted by Gasteiger charge is -2.05. The Morgan fingerprint density at radius 2 is 1.04 bits per heavy atom. The van der Waals surface area contributed by atoms with E-state index in [1.807, 2.05) is 24.3 Å². The summed E-state index contributed by atoms with van der Waals surface area (Å²) >= 11 is 2.14. The van der Waals surface area contributed by atoms with Crippen molar-refractivity contribution >= 4 is 57.0 Å². The molecule has 3 rings (SSSR count). The van der Waals surface area contributed by atoms with E-state index in [1.54, 1.807) is 48.5 Å². The van der Waals surface area contributed by atoms with Crippen LogP contribution < -0.4 is 18.3 Å². The lowest BCUT2D eigenvalue weighted by Crippen LogP contribution is -2.25. The molecular weight excluding hydrogens is 392 g/mol. The molecule has 1 heterocycles. The summed E-state index contributed by atoms with van der Waals surface area (Å²) in [4.78, 5) is 24.6. The second kappa shape index (κ2) is 8.78. The molecule has 0 saturated heterocycles. The molecule has 28 heavy (non-hydrogen) atoms. The maximum absolute atomic E-state index is 12.3. The number of rotatable bonds is 4. The first-order valence-electron chi connectivity index (χ1n) is 7.99. The number of anilines is 2. The van der Waals surface area contributed by atoms with Gasteiger partial charge in [0, 0.05) is 11.4 Å². The summed E-state index contributed by atoms with van der Waals surface area (Å²) < 4.78 is 0.900. The van der Waals surface area contributed by atoms with E-state index < -0.39 is 11.8 Å². The molecule has 0 saturated carbocycles. The summed E-state index contributed by atoms with van der Waals surface area (Å²) in [5, 5.41) is 24.0. The van der Waals surface area contributed by atoms with Gasteiger partial charge in [0.25, 0.3) is 11.8 Å². The smallest absolute Gasteiger partial charge is 0.268 e. The number of amides is 2. The van der Waals surface area contributed by atoms with Crippen LogP contribution in [0.1, 0.15) is 0 Å². The Balaban J connectivity index is 1.87. The van der Waals surface area contributed by atoms with Gasteiger partial charge in [-0.2, -0.15) is 10.5 Å². The second-order valence-corrected chi connectivity index (χ2v) is 7.95. The number of hydrogen-bond acceptors (Lipinski definition) is 6. The Kier molecular flexibility index (Phi) is 5.97. The maximum Gasteiger partial charge on any atom is 0.268 e. The van der Waals surface area contributed by atoms with Crippen molar-refractivity contribution in [1.29, 1.82) is 10.5 Å². The summed E-state index contributed by atoms with van der Waals surface area (Å²) in [5.41, 5.74) is 1.04. The van der Waals surface area contributed by atoms with Gasteiger partial charge < -0.3 is 10.6 Å². The van der Waals surface area contributed by atoms with Crippen LogP contribution in [-0.4, -0.2) is 11.8 Å². The van der Waals surface area contributed by atoms with E-state index in [9.17, 15) is 20.1 Å². The monoisotopic (exact) mass is 404 g/mol. The van der Waals surface area contributed by atoms with Crippen molar-refractivity contribution < 1.29 is 9.59 Å². The number of nitriles is 2. The molecule has 0 aliphatic heterocycles. The van der Waals surface area contributed by atoms with E-state index in [-0.39, 0.29) is 11.1 Å². The molecule has 136 valence electrons. The van der Waals surface area contributed by atoms with E-state index in [0.717, 1.165) is 22.7 Å². The molecule has 1 aromatic heterocycles. The highest BCUT2D eigenvalue weighted by Crippen LogP contribution is 2.10. The first-order valence-corrected chi connectivity index (χ1v) is 9.63. The molecule has 0 unspecified atom stereocenters. The van der Waals surface area contributed by atoms with Gasteiger partial charge in [0.15, 0.2) is 0 Å². The Labute approximate surface area is 168 Å². The van der Waals surface area contributed by atoms with E-state index >= 15 is 0 Å². The minimum atomic E-state index is -0.532. The zero-order valence-corrected chi connectivity index (χ0v) is 15.9. The van der Waals surface area contributed by atoms with Crippen LogP contribution in [0.4, 0.5) is 11.4 Å². The normalized spacial score (nSPS) is 9.64. The Morgan fingerprint density at radius 3 is 1.36 bits per heavy atom. The highest BCUT2D eigenvalue weighted by atomic mass is 32.2. The number of carbonyl (C=O) groups excluding carboxylic acids is 2. The second-order valence-electron chi connectivity index (χ2n) is 5.39. The Morgan fingerprint density at radius 1 is 0.679 bits per heavy atom. The van der Waals surface area contributed by atoms with Gasteiger partial charge >= 0.3 is 0 Å². The SMILES string of the molecule is N#CC(C(=O)Nc1ccccc1)=c1sc(=C(C#N)C(=O)Nc2ccccc2)s1. The maximum atomic E-state index is 12.3. The van der Waals surface area contributed by atoms with Crippen molar-refractivity contribution in [1.82, 2.24) is 0 Å². The van der Waals surface area contributed by atoms with Crippen LogP contribution in [0, 0.1) is 22.7 Å². The molecule has 8 heteroatoms. The van der Waals surface area contributed by atoms with E-state index in [2.05, 4.69) is 10.6 Å². The van der Waals surface area contributed by atoms with Crippen LogP contribution in [-0.2, 0) is 9.59 Å². The van der Waals surface area contributed by atoms with Gasteiger partial charge in [0.2, 0.25) is 0 Å². The van der Waals surface area contributed by atoms with Crippen LogP contribution in [0.15, 0.2) is 60.7 Å². The lowest BCUT2D eigenvalue weighted by molar-refractivity contribution is -0.111. The number of benzene rings is 2. The van der Waals surface area contributed by atoms with Gasteiger partial charge in [-0.15, -0.1) is 22.7 Å². The first-order chi connectivity index (χ1) is 13.6. The van der Waals surface area contributed by atoms with Crippen molar-refractivity contribution in [2.45, 2.75) is 0 Å². The molecule has 0 bridgehead atoms. The Hall–Kier alpha value is -3.72.